The number of nitriles is 1. The van der Waals surface area contributed by atoms with Gasteiger partial charge >= 0.3 is 0 Å². The fourth-order valence-electron chi connectivity index (χ4n) is 2.59. The number of rotatable bonds is 3. The summed E-state index contributed by atoms with van der Waals surface area (Å²) in [5.41, 5.74) is 0.223. The summed E-state index contributed by atoms with van der Waals surface area (Å²) in [6.07, 6.45) is 2.52. The Hall–Kier alpha value is -0.550. The van der Waals surface area contributed by atoms with E-state index in [1.54, 1.807) is 0 Å². The van der Waals surface area contributed by atoms with Crippen LogP contribution in [0.4, 0.5) is 0 Å². The van der Waals surface area contributed by atoms with Crippen molar-refractivity contribution < 1.29 is 0 Å². The molecule has 1 aliphatic rings. The van der Waals surface area contributed by atoms with Gasteiger partial charge in [0.15, 0.2) is 0 Å². The van der Waals surface area contributed by atoms with Crippen LogP contribution in [0.15, 0.2) is 0 Å². The largest absolute Gasteiger partial charge is 0.312 e. The Bertz CT molecular complexity index is 260. The van der Waals surface area contributed by atoms with Crippen LogP contribution in [0.1, 0.15) is 47.5 Å². The molecule has 2 heteroatoms. The van der Waals surface area contributed by atoms with Crippen molar-refractivity contribution >= 4 is 0 Å². The van der Waals surface area contributed by atoms with Crippen LogP contribution in [-0.4, -0.2) is 12.6 Å². The summed E-state index contributed by atoms with van der Waals surface area (Å²) in [5.74, 6) is 0.731. The fraction of sp³-hybridized carbons (Fsp3) is 0.923. The predicted octanol–water partition coefficient (Wildman–Crippen LogP) is 2.95. The molecule has 0 aromatic carbocycles. The molecule has 0 aromatic rings. The molecule has 86 valence electrons. The quantitative estimate of drug-likeness (QED) is 0.774. The highest BCUT2D eigenvalue weighted by Gasteiger charge is 2.36. The van der Waals surface area contributed by atoms with E-state index in [2.05, 4.69) is 32.2 Å². The Labute approximate surface area is 94.1 Å². The number of hydrogen-bond donors (Lipinski definition) is 1. The minimum absolute atomic E-state index is 0.244. The molecule has 2 atom stereocenters. The summed E-state index contributed by atoms with van der Waals surface area (Å²) < 4.78 is 0. The molecule has 1 N–H and O–H groups in total. The van der Waals surface area contributed by atoms with Crippen molar-refractivity contribution in [3.8, 4) is 6.07 Å². The first-order valence-electron chi connectivity index (χ1n) is 5.90. The lowest BCUT2D eigenvalue weighted by molar-refractivity contribution is 0.346. The molecule has 2 unspecified atom stereocenters. The molecule has 1 rings (SSSR count). The minimum atomic E-state index is -0.244. The summed E-state index contributed by atoms with van der Waals surface area (Å²) in [7, 11) is 0. The van der Waals surface area contributed by atoms with Gasteiger partial charge in [-0.1, -0.05) is 20.8 Å². The number of nitrogens with zero attached hydrogens (tertiary/aromatic N) is 1. The van der Waals surface area contributed by atoms with Crippen LogP contribution in [0.3, 0.4) is 0 Å². The highest BCUT2D eigenvalue weighted by Crippen LogP contribution is 2.40. The molecule has 1 saturated carbocycles. The van der Waals surface area contributed by atoms with Gasteiger partial charge in [0, 0.05) is 12.6 Å². The lowest BCUT2D eigenvalue weighted by Crippen LogP contribution is -2.38. The maximum Gasteiger partial charge on any atom is 0.0697 e. The fourth-order valence-corrected chi connectivity index (χ4v) is 2.59. The first-order chi connectivity index (χ1) is 6.76. The predicted molar refractivity (Wildman–Crippen MR) is 63.4 cm³/mol. The van der Waals surface area contributed by atoms with E-state index in [0.29, 0.717) is 11.5 Å². The van der Waals surface area contributed by atoms with E-state index in [-0.39, 0.29) is 5.41 Å². The topological polar surface area (TPSA) is 35.8 Å². The number of nitrogens with one attached hydrogen (secondary N) is 1. The van der Waals surface area contributed by atoms with Crippen LogP contribution in [0.5, 0.6) is 0 Å². The van der Waals surface area contributed by atoms with Gasteiger partial charge in [0.2, 0.25) is 0 Å². The SMILES string of the molecule is CC1CC(C)(C)CC1NCC(C)(C)C#N. The standard InChI is InChI=1S/C13H24N2/c1-10-6-12(2,3)7-11(10)15-9-13(4,5)8-14/h10-11,15H,6-7,9H2,1-5H3. The average molecular weight is 208 g/mol. The lowest BCUT2D eigenvalue weighted by Gasteiger charge is -2.23. The zero-order valence-electron chi connectivity index (χ0n) is 10.7. The van der Waals surface area contributed by atoms with Crippen molar-refractivity contribution in [2.24, 2.45) is 16.7 Å². The van der Waals surface area contributed by atoms with Crippen LogP contribution < -0.4 is 5.32 Å². The Balaban J connectivity index is 2.45. The second-order valence-corrected chi connectivity index (χ2v) is 6.53. The molecular formula is C13H24N2. The lowest BCUT2D eigenvalue weighted by atomic mass is 9.91. The highest BCUT2D eigenvalue weighted by atomic mass is 14.9. The Kier molecular flexibility index (Phi) is 3.45. The van der Waals surface area contributed by atoms with Crippen LogP contribution in [0.25, 0.3) is 0 Å². The molecule has 1 fully saturated rings. The molecule has 0 aliphatic heterocycles. The van der Waals surface area contributed by atoms with Crippen molar-refractivity contribution in [1.29, 1.82) is 5.26 Å². The van der Waals surface area contributed by atoms with Crippen molar-refractivity contribution in [3.63, 3.8) is 0 Å². The van der Waals surface area contributed by atoms with Gasteiger partial charge in [-0.25, -0.2) is 0 Å². The molecule has 0 amide bonds. The maximum absolute atomic E-state index is 8.95. The molecule has 1 aliphatic carbocycles. The van der Waals surface area contributed by atoms with Crippen molar-refractivity contribution in [1.82, 2.24) is 5.32 Å². The summed E-state index contributed by atoms with van der Waals surface area (Å²) in [4.78, 5) is 0. The van der Waals surface area contributed by atoms with E-state index in [1.165, 1.54) is 12.8 Å². The van der Waals surface area contributed by atoms with E-state index in [9.17, 15) is 0 Å². The van der Waals surface area contributed by atoms with Gasteiger partial charge < -0.3 is 5.32 Å². The Morgan fingerprint density at radius 1 is 1.40 bits per heavy atom. The van der Waals surface area contributed by atoms with Gasteiger partial charge in [-0.05, 0) is 38.0 Å². The van der Waals surface area contributed by atoms with Crippen LogP contribution in [0.2, 0.25) is 0 Å². The second-order valence-electron chi connectivity index (χ2n) is 6.53. The van der Waals surface area contributed by atoms with Gasteiger partial charge in [-0.3, -0.25) is 0 Å². The zero-order valence-corrected chi connectivity index (χ0v) is 10.7. The van der Waals surface area contributed by atoms with E-state index in [0.717, 1.165) is 12.5 Å². The molecule has 0 spiro atoms. The average Bonchev–Trinajstić information content (AvgIpc) is 2.36. The summed E-state index contributed by atoms with van der Waals surface area (Å²) in [6.45, 7) is 11.8. The van der Waals surface area contributed by atoms with E-state index in [4.69, 9.17) is 5.26 Å². The molecule has 0 heterocycles. The van der Waals surface area contributed by atoms with Gasteiger partial charge in [0.05, 0.1) is 11.5 Å². The van der Waals surface area contributed by atoms with Crippen molar-refractivity contribution in [2.75, 3.05) is 6.54 Å². The molecule has 0 saturated heterocycles. The smallest absolute Gasteiger partial charge is 0.0697 e. The molecule has 15 heavy (non-hydrogen) atoms. The monoisotopic (exact) mass is 208 g/mol. The Morgan fingerprint density at radius 3 is 2.40 bits per heavy atom. The molecule has 0 aromatic heterocycles. The highest BCUT2D eigenvalue weighted by molar-refractivity contribution is 4.97. The first-order valence-corrected chi connectivity index (χ1v) is 5.90. The minimum Gasteiger partial charge on any atom is -0.312 e. The summed E-state index contributed by atoms with van der Waals surface area (Å²) >= 11 is 0. The van der Waals surface area contributed by atoms with Crippen LogP contribution in [0, 0.1) is 28.1 Å². The van der Waals surface area contributed by atoms with Gasteiger partial charge in [0.25, 0.3) is 0 Å². The van der Waals surface area contributed by atoms with Crippen molar-refractivity contribution in [3.05, 3.63) is 0 Å². The second kappa shape index (κ2) is 4.14. The Morgan fingerprint density at radius 2 is 2.00 bits per heavy atom. The zero-order chi connectivity index (χ0) is 11.7. The normalized spacial score (nSPS) is 30.1. The van der Waals surface area contributed by atoms with Gasteiger partial charge in [0.1, 0.15) is 0 Å². The third-order valence-electron chi connectivity index (χ3n) is 3.44. The van der Waals surface area contributed by atoms with Gasteiger partial charge in [-0.15, -0.1) is 0 Å². The molecule has 2 nitrogen and oxygen atoms in total. The first kappa shape index (κ1) is 12.5. The van der Waals surface area contributed by atoms with Gasteiger partial charge in [-0.2, -0.15) is 5.26 Å². The third-order valence-corrected chi connectivity index (χ3v) is 3.44. The maximum atomic E-state index is 8.95. The van der Waals surface area contributed by atoms with E-state index < -0.39 is 0 Å². The summed E-state index contributed by atoms with van der Waals surface area (Å²) in [6, 6.07) is 2.93. The molecule has 0 radical (unpaired) electrons. The van der Waals surface area contributed by atoms with E-state index >= 15 is 0 Å². The summed E-state index contributed by atoms with van der Waals surface area (Å²) in [5, 5.41) is 12.5. The van der Waals surface area contributed by atoms with E-state index in [1.807, 2.05) is 13.8 Å². The molecule has 0 bridgehead atoms. The molecular weight excluding hydrogens is 184 g/mol. The number of hydrogen-bond acceptors (Lipinski definition) is 2. The van der Waals surface area contributed by atoms with Crippen LogP contribution in [-0.2, 0) is 0 Å². The third kappa shape index (κ3) is 3.50. The van der Waals surface area contributed by atoms with Crippen molar-refractivity contribution in [2.45, 2.75) is 53.5 Å². The van der Waals surface area contributed by atoms with Crippen LogP contribution >= 0.6 is 0 Å².